The predicted octanol–water partition coefficient (Wildman–Crippen LogP) is 4.38. The number of hydrogen-bond donors (Lipinski definition) is 1. The van der Waals surface area contributed by atoms with Crippen LogP contribution in [0, 0.1) is 0 Å². The van der Waals surface area contributed by atoms with Crippen LogP contribution < -0.4 is 19.7 Å². The SMILES string of the molecule is COCCCN1CCOc2ccc(CO[C@H]3CNC[C@@H](OCC(=O)N4C(C)CCC[C@H]4C)C3c3ccc(OC)cc3)cc21. The first kappa shape index (κ1) is 31.6. The molecule has 1 N–H and O–H groups in total. The van der Waals surface area contributed by atoms with Gasteiger partial charge in [-0.25, -0.2) is 0 Å². The predicted molar refractivity (Wildman–Crippen MR) is 167 cm³/mol. The smallest absolute Gasteiger partial charge is 0.249 e. The third-order valence-electron chi connectivity index (χ3n) is 9.12. The van der Waals surface area contributed by atoms with Crippen LogP contribution >= 0.6 is 0 Å². The van der Waals surface area contributed by atoms with Crippen molar-refractivity contribution >= 4 is 11.6 Å². The molecule has 236 valence electrons. The molecule has 2 aromatic carbocycles. The molecular formula is C34H49N3O6. The number of nitrogens with one attached hydrogen (secondary N) is 1. The van der Waals surface area contributed by atoms with Crippen LogP contribution in [0.2, 0.25) is 0 Å². The van der Waals surface area contributed by atoms with Gasteiger partial charge in [0.25, 0.3) is 0 Å². The summed E-state index contributed by atoms with van der Waals surface area (Å²) in [7, 11) is 3.42. The van der Waals surface area contributed by atoms with E-state index in [1.807, 2.05) is 17.0 Å². The first-order valence-corrected chi connectivity index (χ1v) is 15.9. The second-order valence-corrected chi connectivity index (χ2v) is 12.1. The zero-order chi connectivity index (χ0) is 30.2. The van der Waals surface area contributed by atoms with Gasteiger partial charge in [-0.15, -0.1) is 0 Å². The van der Waals surface area contributed by atoms with Gasteiger partial charge in [0.15, 0.2) is 0 Å². The zero-order valence-electron chi connectivity index (χ0n) is 26.3. The molecule has 0 spiro atoms. The molecule has 2 saturated heterocycles. The number of benzene rings is 2. The number of likely N-dealkylation sites (tertiary alicyclic amines) is 1. The Morgan fingerprint density at radius 3 is 2.47 bits per heavy atom. The fraction of sp³-hybridized carbons (Fsp3) is 0.618. The van der Waals surface area contributed by atoms with Crippen LogP contribution in [0.5, 0.6) is 11.5 Å². The van der Waals surface area contributed by atoms with E-state index >= 15 is 0 Å². The van der Waals surface area contributed by atoms with Crippen molar-refractivity contribution in [1.29, 1.82) is 0 Å². The van der Waals surface area contributed by atoms with Crippen molar-refractivity contribution in [2.75, 3.05) is 65.1 Å². The first-order valence-electron chi connectivity index (χ1n) is 15.9. The molecule has 0 aromatic heterocycles. The Bertz CT molecular complexity index is 1170. The van der Waals surface area contributed by atoms with Crippen molar-refractivity contribution < 1.29 is 28.5 Å². The molecule has 2 fully saturated rings. The summed E-state index contributed by atoms with van der Waals surface area (Å²) >= 11 is 0. The van der Waals surface area contributed by atoms with Crippen LogP contribution in [0.1, 0.15) is 56.6 Å². The molecular weight excluding hydrogens is 546 g/mol. The number of methoxy groups -OCH3 is 2. The molecule has 3 heterocycles. The van der Waals surface area contributed by atoms with E-state index in [9.17, 15) is 4.79 Å². The molecule has 5 rings (SSSR count). The highest BCUT2D eigenvalue weighted by Gasteiger charge is 2.37. The summed E-state index contributed by atoms with van der Waals surface area (Å²) in [5.74, 6) is 1.76. The molecule has 9 heteroatoms. The maximum atomic E-state index is 13.3. The van der Waals surface area contributed by atoms with E-state index in [0.717, 1.165) is 67.3 Å². The second kappa shape index (κ2) is 15.2. The third-order valence-corrected chi connectivity index (χ3v) is 9.12. The average Bonchev–Trinajstić information content (AvgIpc) is 3.03. The first-order chi connectivity index (χ1) is 21.0. The van der Waals surface area contributed by atoms with Crippen LogP contribution in [-0.2, 0) is 25.6 Å². The van der Waals surface area contributed by atoms with Crippen molar-refractivity contribution in [3.8, 4) is 11.5 Å². The lowest BCUT2D eigenvalue weighted by molar-refractivity contribution is -0.147. The molecule has 2 unspecified atom stereocenters. The van der Waals surface area contributed by atoms with Crippen molar-refractivity contribution in [2.24, 2.45) is 0 Å². The van der Waals surface area contributed by atoms with E-state index < -0.39 is 0 Å². The Morgan fingerprint density at radius 1 is 1.00 bits per heavy atom. The molecule has 3 aliphatic rings. The largest absolute Gasteiger partial charge is 0.497 e. The minimum Gasteiger partial charge on any atom is -0.497 e. The molecule has 0 bridgehead atoms. The Balaban J connectivity index is 1.29. The van der Waals surface area contributed by atoms with Gasteiger partial charge in [0, 0.05) is 51.4 Å². The van der Waals surface area contributed by atoms with E-state index in [1.165, 1.54) is 6.42 Å². The summed E-state index contributed by atoms with van der Waals surface area (Å²) in [6.07, 6.45) is 3.88. The number of anilines is 1. The number of carbonyl (C=O) groups excluding carboxylic acids is 1. The monoisotopic (exact) mass is 595 g/mol. The van der Waals surface area contributed by atoms with Crippen LogP contribution in [0.15, 0.2) is 42.5 Å². The maximum absolute atomic E-state index is 13.3. The van der Waals surface area contributed by atoms with Crippen molar-refractivity contribution in [3.05, 3.63) is 53.6 Å². The molecule has 5 atom stereocenters. The highest BCUT2D eigenvalue weighted by Crippen LogP contribution is 2.35. The molecule has 1 amide bonds. The summed E-state index contributed by atoms with van der Waals surface area (Å²) < 4.78 is 29.7. The lowest BCUT2D eigenvalue weighted by Gasteiger charge is -2.41. The van der Waals surface area contributed by atoms with Crippen molar-refractivity contribution in [1.82, 2.24) is 10.2 Å². The molecule has 0 saturated carbocycles. The topological polar surface area (TPSA) is 81.7 Å². The minimum absolute atomic E-state index is 0.0392. The molecule has 3 aliphatic heterocycles. The Kier molecular flexibility index (Phi) is 11.2. The number of hydrogen-bond acceptors (Lipinski definition) is 8. The maximum Gasteiger partial charge on any atom is 0.249 e. The summed E-state index contributed by atoms with van der Waals surface area (Å²) in [5, 5.41) is 3.51. The van der Waals surface area contributed by atoms with Crippen LogP contribution in [0.3, 0.4) is 0 Å². The normalized spacial score (nSPS) is 25.6. The van der Waals surface area contributed by atoms with E-state index in [-0.39, 0.29) is 42.7 Å². The molecule has 43 heavy (non-hydrogen) atoms. The average molecular weight is 596 g/mol. The summed E-state index contributed by atoms with van der Waals surface area (Å²) in [5.41, 5.74) is 3.33. The number of rotatable bonds is 12. The number of amides is 1. The fourth-order valence-corrected chi connectivity index (χ4v) is 6.85. The van der Waals surface area contributed by atoms with E-state index in [1.54, 1.807) is 14.2 Å². The van der Waals surface area contributed by atoms with Gasteiger partial charge >= 0.3 is 0 Å². The second-order valence-electron chi connectivity index (χ2n) is 12.1. The van der Waals surface area contributed by atoms with Crippen molar-refractivity contribution in [3.63, 3.8) is 0 Å². The number of fused-ring (bicyclic) bond motifs is 1. The number of piperidine rings is 2. The molecule has 9 nitrogen and oxygen atoms in total. The van der Waals surface area contributed by atoms with Gasteiger partial charge in [0.2, 0.25) is 5.91 Å². The number of nitrogens with zero attached hydrogens (tertiary/aromatic N) is 2. The van der Waals surface area contributed by atoms with Gasteiger partial charge in [-0.3, -0.25) is 4.79 Å². The zero-order valence-corrected chi connectivity index (χ0v) is 26.3. The van der Waals surface area contributed by atoms with Gasteiger partial charge in [-0.1, -0.05) is 18.2 Å². The van der Waals surface area contributed by atoms with Crippen LogP contribution in [0.25, 0.3) is 0 Å². The van der Waals surface area contributed by atoms with E-state index in [2.05, 4.69) is 54.4 Å². The quantitative estimate of drug-likeness (QED) is 0.362. The summed E-state index contributed by atoms with van der Waals surface area (Å²) in [4.78, 5) is 17.7. The number of ether oxygens (including phenoxy) is 5. The standard InChI is InChI=1S/C34H49N3O6/c1-24-7-5-8-25(2)37(24)33(38)23-43-32-21-35-20-31(34(32)27-10-12-28(40-4)13-11-27)42-22-26-9-14-30-29(19-26)36(16-18-41-30)15-6-17-39-3/h9-14,19,24-25,31-32,34-35H,5-8,15-18,20-23H2,1-4H3/t24-,25?,31+,32-,34?/m1/s1. The van der Waals surface area contributed by atoms with Crippen LogP contribution in [-0.4, -0.2) is 95.3 Å². The third kappa shape index (κ3) is 7.81. The van der Waals surface area contributed by atoms with Crippen LogP contribution in [0.4, 0.5) is 5.69 Å². The number of carbonyl (C=O) groups is 1. The van der Waals surface area contributed by atoms with Gasteiger partial charge < -0.3 is 38.8 Å². The van der Waals surface area contributed by atoms with E-state index in [0.29, 0.717) is 26.3 Å². The molecule has 2 aromatic rings. The summed E-state index contributed by atoms with van der Waals surface area (Å²) in [6.45, 7) is 9.39. The fourth-order valence-electron chi connectivity index (χ4n) is 6.85. The van der Waals surface area contributed by atoms with Gasteiger partial charge in [-0.2, -0.15) is 0 Å². The van der Waals surface area contributed by atoms with Gasteiger partial charge in [0.05, 0.1) is 38.2 Å². The minimum atomic E-state index is -0.209. The Morgan fingerprint density at radius 2 is 1.74 bits per heavy atom. The highest BCUT2D eigenvalue weighted by molar-refractivity contribution is 5.78. The molecule has 0 aliphatic carbocycles. The summed E-state index contributed by atoms with van der Waals surface area (Å²) in [6, 6.07) is 15.0. The molecule has 0 radical (unpaired) electrons. The lowest BCUT2D eigenvalue weighted by atomic mass is 9.85. The lowest BCUT2D eigenvalue weighted by Crippen LogP contribution is -2.53. The highest BCUT2D eigenvalue weighted by atomic mass is 16.5. The van der Waals surface area contributed by atoms with Gasteiger partial charge in [-0.05, 0) is 74.9 Å². The van der Waals surface area contributed by atoms with Gasteiger partial charge in [0.1, 0.15) is 24.7 Å². The Hall–Kier alpha value is -2.85. The Labute approximate surface area is 256 Å². The van der Waals surface area contributed by atoms with Crippen molar-refractivity contribution in [2.45, 2.75) is 76.3 Å². The van der Waals surface area contributed by atoms with E-state index in [4.69, 9.17) is 23.7 Å².